The zero-order chi connectivity index (χ0) is 32.3. The van der Waals surface area contributed by atoms with Crippen molar-refractivity contribution in [2.45, 2.75) is 109 Å². The summed E-state index contributed by atoms with van der Waals surface area (Å²) < 4.78 is 19.5. The van der Waals surface area contributed by atoms with Crippen LogP contribution in [-0.4, -0.2) is 68.5 Å². The van der Waals surface area contributed by atoms with E-state index in [9.17, 15) is 28.7 Å². The zero-order valence-corrected chi connectivity index (χ0v) is 29.0. The number of Topliss-reactive ketones (excluding diaryl/α,β-unsaturated/α-hetero) is 1. The SMILES string of the molecule is CC(C)(C)OC(=O)C[C@H](CF)C1CCC(C(=O)N2CC[C@@H](C3CCCCC3)[C@H]2C(=O)Cc2cc3cc(C(=O)O)[nH]c3cn2)CC1.[Er]. The van der Waals surface area contributed by atoms with Crippen molar-refractivity contribution in [1.82, 2.24) is 14.9 Å². The van der Waals surface area contributed by atoms with Gasteiger partial charge in [0.1, 0.15) is 11.3 Å². The first-order valence-corrected chi connectivity index (χ1v) is 16.8. The van der Waals surface area contributed by atoms with Crippen LogP contribution < -0.4 is 0 Å². The zero-order valence-electron chi connectivity index (χ0n) is 27.1. The number of hydrogen-bond donors (Lipinski definition) is 2. The van der Waals surface area contributed by atoms with E-state index >= 15 is 0 Å². The quantitative estimate of drug-likeness (QED) is 0.271. The molecule has 0 spiro atoms. The second kappa shape index (κ2) is 15.9. The van der Waals surface area contributed by atoms with Crippen LogP contribution in [0.1, 0.15) is 108 Å². The topological polar surface area (TPSA) is 130 Å². The molecule has 0 bridgehead atoms. The summed E-state index contributed by atoms with van der Waals surface area (Å²) in [5.41, 5.74) is 0.610. The number of pyridine rings is 1. The Kier molecular flexibility index (Phi) is 12.7. The van der Waals surface area contributed by atoms with Gasteiger partial charge in [0, 0.05) is 66.8 Å². The van der Waals surface area contributed by atoms with Crippen LogP contribution in [0.15, 0.2) is 18.3 Å². The van der Waals surface area contributed by atoms with Gasteiger partial charge in [0.2, 0.25) is 5.91 Å². The molecule has 1 aliphatic heterocycles. The van der Waals surface area contributed by atoms with Crippen LogP contribution in [0.2, 0.25) is 0 Å². The summed E-state index contributed by atoms with van der Waals surface area (Å²) in [6, 6.07) is 2.80. The van der Waals surface area contributed by atoms with E-state index in [1.807, 2.05) is 4.90 Å². The fraction of sp³-hybridized carbons (Fsp3) is 0.686. The smallest absolute Gasteiger partial charge is 0.352 e. The molecular formula is C35H48ErFN3O6. The molecule has 2 N–H and O–H groups in total. The fourth-order valence-corrected chi connectivity index (χ4v) is 8.12. The second-order valence-corrected chi connectivity index (χ2v) is 14.5. The number of carbonyl (C=O) groups excluding carboxylic acids is 3. The van der Waals surface area contributed by atoms with Crippen molar-refractivity contribution in [3.8, 4) is 0 Å². The van der Waals surface area contributed by atoms with E-state index in [0.29, 0.717) is 54.7 Å². The van der Waals surface area contributed by atoms with Crippen LogP contribution in [0.25, 0.3) is 10.9 Å². The van der Waals surface area contributed by atoms with Crippen LogP contribution in [0.3, 0.4) is 0 Å². The van der Waals surface area contributed by atoms with Crippen LogP contribution in [0, 0.1) is 66.9 Å². The minimum absolute atomic E-state index is 0. The number of carbonyl (C=O) groups is 4. The average Bonchev–Trinajstić information content (AvgIpc) is 3.64. The van der Waals surface area contributed by atoms with Crippen molar-refractivity contribution in [2.24, 2.45) is 29.6 Å². The first-order valence-electron chi connectivity index (χ1n) is 16.8. The predicted molar refractivity (Wildman–Crippen MR) is 167 cm³/mol. The molecule has 11 heteroatoms. The summed E-state index contributed by atoms with van der Waals surface area (Å²) in [5.74, 6) is -1.50. The molecule has 2 aromatic rings. The Morgan fingerprint density at radius 1 is 1.04 bits per heavy atom. The van der Waals surface area contributed by atoms with Crippen molar-refractivity contribution in [3.05, 3.63) is 29.7 Å². The summed E-state index contributed by atoms with van der Waals surface area (Å²) >= 11 is 0. The molecule has 9 nitrogen and oxygen atoms in total. The number of H-pyrrole nitrogens is 1. The number of aromatic amines is 1. The minimum Gasteiger partial charge on any atom is -0.477 e. The number of ketones is 1. The number of carboxylic acids is 1. The molecule has 5 rings (SSSR count). The Morgan fingerprint density at radius 2 is 1.74 bits per heavy atom. The first kappa shape index (κ1) is 36.8. The van der Waals surface area contributed by atoms with Crippen LogP contribution in [0.5, 0.6) is 0 Å². The van der Waals surface area contributed by atoms with E-state index in [4.69, 9.17) is 4.74 Å². The summed E-state index contributed by atoms with van der Waals surface area (Å²) in [5, 5.41) is 10.0. The number of fused-ring (bicyclic) bond motifs is 1. The van der Waals surface area contributed by atoms with Gasteiger partial charge >= 0.3 is 11.9 Å². The molecule has 3 atom stereocenters. The maximum absolute atomic E-state index is 14.1. The third kappa shape index (κ3) is 8.89. The van der Waals surface area contributed by atoms with Crippen molar-refractivity contribution < 1.29 is 70.7 Å². The van der Waals surface area contributed by atoms with Gasteiger partial charge in [-0.25, -0.2) is 4.79 Å². The minimum atomic E-state index is -1.06. The molecule has 258 valence electrons. The van der Waals surface area contributed by atoms with Gasteiger partial charge in [-0.05, 0) is 82.8 Å². The molecule has 3 heterocycles. The molecule has 1 amide bonds. The number of ether oxygens (including phenoxy) is 1. The molecule has 3 aliphatic rings. The Bertz CT molecular complexity index is 1390. The van der Waals surface area contributed by atoms with E-state index in [0.717, 1.165) is 32.1 Å². The van der Waals surface area contributed by atoms with Gasteiger partial charge in [-0.2, -0.15) is 0 Å². The maximum atomic E-state index is 14.1. The summed E-state index contributed by atoms with van der Waals surface area (Å²) in [6.45, 7) is 5.38. The fourth-order valence-electron chi connectivity index (χ4n) is 8.12. The molecule has 0 unspecified atom stereocenters. The van der Waals surface area contributed by atoms with Gasteiger partial charge < -0.3 is 19.7 Å². The monoisotopic (exact) mass is 791 g/mol. The van der Waals surface area contributed by atoms with Gasteiger partial charge in [-0.3, -0.25) is 23.8 Å². The molecule has 1 saturated heterocycles. The number of likely N-dealkylation sites (tertiary alicyclic amines) is 1. The number of nitrogens with one attached hydrogen (secondary N) is 1. The van der Waals surface area contributed by atoms with E-state index in [1.165, 1.54) is 6.42 Å². The number of halogens is 1. The van der Waals surface area contributed by atoms with Crippen molar-refractivity contribution in [3.63, 3.8) is 0 Å². The van der Waals surface area contributed by atoms with Gasteiger partial charge in [-0.1, -0.05) is 32.1 Å². The number of esters is 1. The van der Waals surface area contributed by atoms with Gasteiger partial charge in [0.25, 0.3) is 0 Å². The van der Waals surface area contributed by atoms with Gasteiger partial charge in [0.15, 0.2) is 5.78 Å². The average molecular weight is 793 g/mol. The summed E-state index contributed by atoms with van der Waals surface area (Å²) in [7, 11) is 0. The van der Waals surface area contributed by atoms with E-state index in [-0.39, 0.29) is 91.3 Å². The maximum Gasteiger partial charge on any atom is 0.352 e. The number of hydrogen-bond acceptors (Lipinski definition) is 6. The number of aromatic nitrogens is 2. The van der Waals surface area contributed by atoms with Crippen LogP contribution in [-0.2, 0) is 25.5 Å². The number of nitrogens with zero attached hydrogens (tertiary/aromatic N) is 2. The number of carboxylic acid groups (broad SMARTS) is 1. The molecule has 46 heavy (non-hydrogen) atoms. The molecule has 3 fully saturated rings. The predicted octanol–water partition coefficient (Wildman–Crippen LogP) is 6.29. The van der Waals surface area contributed by atoms with Crippen molar-refractivity contribution >= 4 is 34.5 Å². The number of alkyl halides is 1. The largest absolute Gasteiger partial charge is 0.477 e. The molecule has 0 radical (unpaired) electrons. The van der Waals surface area contributed by atoms with E-state index in [2.05, 4.69) is 9.97 Å². The molecular weight excluding hydrogens is 745 g/mol. The van der Waals surface area contributed by atoms with Crippen LogP contribution >= 0.6 is 0 Å². The van der Waals surface area contributed by atoms with E-state index in [1.54, 1.807) is 39.1 Å². The Labute approximate surface area is 300 Å². The Balaban J connectivity index is 0.00000480. The molecule has 2 saturated carbocycles. The summed E-state index contributed by atoms with van der Waals surface area (Å²) in [4.78, 5) is 61.1. The van der Waals surface area contributed by atoms with Gasteiger partial charge in [-0.15, -0.1) is 0 Å². The van der Waals surface area contributed by atoms with Gasteiger partial charge in [0.05, 0.1) is 37.3 Å². The third-order valence-electron chi connectivity index (χ3n) is 10.3. The second-order valence-electron chi connectivity index (χ2n) is 14.5. The Morgan fingerprint density at radius 3 is 2.37 bits per heavy atom. The third-order valence-corrected chi connectivity index (χ3v) is 10.3. The van der Waals surface area contributed by atoms with Crippen molar-refractivity contribution in [2.75, 3.05) is 13.2 Å². The van der Waals surface area contributed by atoms with Crippen LogP contribution in [0.4, 0.5) is 4.39 Å². The number of amides is 1. The number of rotatable bonds is 10. The molecule has 0 aromatic carbocycles. The van der Waals surface area contributed by atoms with Crippen molar-refractivity contribution in [1.29, 1.82) is 0 Å². The van der Waals surface area contributed by atoms with E-state index < -0.39 is 30.2 Å². The summed E-state index contributed by atoms with van der Waals surface area (Å²) in [6.07, 6.45) is 10.8. The first-order chi connectivity index (χ1) is 21.4. The Hall–Kier alpha value is -2.05. The standard InChI is InChI=1S/C35H48FN3O6.Er/c1-35(2,3)45-31(41)17-25(19-36)21-9-11-23(12-10-21)33(42)39-14-13-27(22-7-5-4-6-8-22)32(39)30(40)18-26-15-24-16-28(34(43)44)38-29(24)20-37-26;/h15-16,20-23,25,27,32,38H,4-14,17-19H2,1-3H3,(H,43,44);/t21?,23?,25-,27+,32+;/m1./s1. The number of aromatic carboxylic acids is 1. The molecule has 2 aliphatic carbocycles. The molecule has 2 aromatic heterocycles. The normalized spacial score (nSPS) is 24.7.